The van der Waals surface area contributed by atoms with E-state index in [-0.39, 0.29) is 5.82 Å². The van der Waals surface area contributed by atoms with Gasteiger partial charge in [0.2, 0.25) is 0 Å². The van der Waals surface area contributed by atoms with Crippen molar-refractivity contribution in [3.63, 3.8) is 0 Å². The molecule has 0 aliphatic carbocycles. The van der Waals surface area contributed by atoms with Crippen LogP contribution in [0.15, 0.2) is 60.8 Å². The lowest BCUT2D eigenvalue weighted by Gasteiger charge is -2.05. The molecule has 110 valence electrons. The molecule has 0 spiro atoms. The third-order valence-electron chi connectivity index (χ3n) is 2.95. The molecule has 0 amide bonds. The molecular weight excluding hydrogens is 285 g/mol. The van der Waals surface area contributed by atoms with Crippen molar-refractivity contribution >= 4 is 21.7 Å². The standard InChI is InChI=1S/C15H12FN.C2H6OS/c16-14-7-5-12(6-8-14)11-17-10-9-13-3-1-2-4-15(13)17;1-4(2)3/h1-10H,11H2;1-2H3. The van der Waals surface area contributed by atoms with E-state index in [0.717, 1.165) is 12.1 Å². The van der Waals surface area contributed by atoms with E-state index < -0.39 is 10.8 Å². The second kappa shape index (κ2) is 7.18. The Morgan fingerprint density at radius 1 is 1.00 bits per heavy atom. The number of rotatable bonds is 2. The average Bonchev–Trinajstić information content (AvgIpc) is 2.84. The normalized spacial score (nSPS) is 10.5. The summed E-state index contributed by atoms with van der Waals surface area (Å²) in [4.78, 5) is 0. The Labute approximate surface area is 126 Å². The lowest BCUT2D eigenvalue weighted by atomic mass is 10.2. The molecule has 2 nitrogen and oxygen atoms in total. The van der Waals surface area contributed by atoms with Crippen molar-refractivity contribution < 1.29 is 8.60 Å². The highest BCUT2D eigenvalue weighted by atomic mass is 32.2. The maximum Gasteiger partial charge on any atom is 0.123 e. The van der Waals surface area contributed by atoms with Crippen LogP contribution < -0.4 is 0 Å². The van der Waals surface area contributed by atoms with Crippen LogP contribution >= 0.6 is 0 Å². The molecule has 0 bridgehead atoms. The molecule has 0 atom stereocenters. The van der Waals surface area contributed by atoms with Gasteiger partial charge in [0.25, 0.3) is 0 Å². The topological polar surface area (TPSA) is 22.0 Å². The molecule has 0 fully saturated rings. The van der Waals surface area contributed by atoms with Gasteiger partial charge in [-0.2, -0.15) is 0 Å². The van der Waals surface area contributed by atoms with Gasteiger partial charge in [0.15, 0.2) is 0 Å². The molecule has 3 aromatic rings. The SMILES string of the molecule is CS(C)=O.Fc1ccc(Cn2ccc3ccccc32)cc1. The minimum absolute atomic E-state index is 0.189. The number of benzene rings is 2. The Hall–Kier alpha value is -1.94. The maximum atomic E-state index is 12.8. The predicted octanol–water partition coefficient (Wildman–Crippen LogP) is 3.82. The molecule has 1 aromatic heterocycles. The summed E-state index contributed by atoms with van der Waals surface area (Å²) in [5, 5.41) is 1.23. The first kappa shape index (κ1) is 15.4. The van der Waals surface area contributed by atoms with Gasteiger partial charge in [-0.1, -0.05) is 30.3 Å². The molecule has 0 unspecified atom stereocenters. The minimum atomic E-state index is -0.611. The predicted molar refractivity (Wildman–Crippen MR) is 87.4 cm³/mol. The summed E-state index contributed by atoms with van der Waals surface area (Å²) in [5.74, 6) is -0.189. The fourth-order valence-corrected chi connectivity index (χ4v) is 2.06. The summed E-state index contributed by atoms with van der Waals surface area (Å²) >= 11 is 0. The molecule has 21 heavy (non-hydrogen) atoms. The van der Waals surface area contributed by atoms with Crippen LogP contribution in [0.25, 0.3) is 10.9 Å². The summed E-state index contributed by atoms with van der Waals surface area (Å²) in [7, 11) is -0.611. The van der Waals surface area contributed by atoms with Crippen LogP contribution in [0.5, 0.6) is 0 Å². The number of halogens is 1. The zero-order chi connectivity index (χ0) is 15.2. The fraction of sp³-hybridized carbons (Fsp3) is 0.176. The fourth-order valence-electron chi connectivity index (χ4n) is 2.06. The van der Waals surface area contributed by atoms with Crippen LogP contribution in [-0.4, -0.2) is 21.3 Å². The molecule has 1 heterocycles. The molecule has 0 aliphatic rings. The Morgan fingerprint density at radius 3 is 2.29 bits per heavy atom. The van der Waals surface area contributed by atoms with Gasteiger partial charge >= 0.3 is 0 Å². The number of hydrogen-bond acceptors (Lipinski definition) is 1. The van der Waals surface area contributed by atoms with Gasteiger partial charge in [0.1, 0.15) is 5.82 Å². The second-order valence-electron chi connectivity index (χ2n) is 4.87. The molecule has 0 N–H and O–H groups in total. The Bertz CT molecular complexity index is 730. The van der Waals surface area contributed by atoms with E-state index in [2.05, 4.69) is 29.0 Å². The highest BCUT2D eigenvalue weighted by Gasteiger charge is 2.00. The van der Waals surface area contributed by atoms with Gasteiger partial charge in [0, 0.05) is 41.6 Å². The molecule has 0 radical (unpaired) electrons. The van der Waals surface area contributed by atoms with Crippen molar-refractivity contribution in [2.75, 3.05) is 12.5 Å². The van der Waals surface area contributed by atoms with Crippen molar-refractivity contribution in [1.29, 1.82) is 0 Å². The molecule has 0 saturated heterocycles. The summed E-state index contributed by atoms with van der Waals surface area (Å²) in [6.45, 7) is 0.772. The van der Waals surface area contributed by atoms with E-state index in [0.29, 0.717) is 0 Å². The lowest BCUT2D eigenvalue weighted by Crippen LogP contribution is -1.97. The van der Waals surface area contributed by atoms with Crippen molar-refractivity contribution in [2.24, 2.45) is 0 Å². The minimum Gasteiger partial charge on any atom is -0.343 e. The summed E-state index contributed by atoms with van der Waals surface area (Å²) in [6.07, 6.45) is 5.34. The van der Waals surface area contributed by atoms with Crippen LogP contribution in [0.2, 0.25) is 0 Å². The number of aromatic nitrogens is 1. The van der Waals surface area contributed by atoms with Gasteiger partial charge in [0.05, 0.1) is 0 Å². The van der Waals surface area contributed by atoms with Crippen LogP contribution in [0.3, 0.4) is 0 Å². The van der Waals surface area contributed by atoms with Crippen molar-refractivity contribution in [2.45, 2.75) is 6.54 Å². The first-order chi connectivity index (χ1) is 10.1. The first-order valence-electron chi connectivity index (χ1n) is 6.59. The monoisotopic (exact) mass is 303 g/mol. The molecule has 3 rings (SSSR count). The van der Waals surface area contributed by atoms with E-state index in [4.69, 9.17) is 0 Å². The highest BCUT2D eigenvalue weighted by Crippen LogP contribution is 2.16. The van der Waals surface area contributed by atoms with E-state index >= 15 is 0 Å². The molecule has 0 saturated carbocycles. The van der Waals surface area contributed by atoms with Crippen LogP contribution in [-0.2, 0) is 17.3 Å². The van der Waals surface area contributed by atoms with Crippen LogP contribution in [0.4, 0.5) is 4.39 Å². The first-order valence-corrected chi connectivity index (χ1v) is 8.56. The lowest BCUT2D eigenvalue weighted by molar-refractivity contribution is 0.626. The molecular formula is C17H18FNOS. The Morgan fingerprint density at radius 2 is 1.62 bits per heavy atom. The Kier molecular flexibility index (Phi) is 5.28. The Balaban J connectivity index is 0.000000361. The van der Waals surface area contributed by atoms with Crippen molar-refractivity contribution in [3.8, 4) is 0 Å². The van der Waals surface area contributed by atoms with Crippen molar-refractivity contribution in [1.82, 2.24) is 4.57 Å². The van der Waals surface area contributed by atoms with Gasteiger partial charge in [-0.3, -0.25) is 4.21 Å². The quantitative estimate of drug-likeness (QED) is 0.705. The average molecular weight is 303 g/mol. The number of hydrogen-bond donors (Lipinski definition) is 0. The zero-order valence-corrected chi connectivity index (χ0v) is 12.9. The number of fused-ring (bicyclic) bond motifs is 1. The van der Waals surface area contributed by atoms with Crippen LogP contribution in [0.1, 0.15) is 5.56 Å². The number of nitrogens with zero attached hydrogens (tertiary/aromatic N) is 1. The van der Waals surface area contributed by atoms with Crippen molar-refractivity contribution in [3.05, 3.63) is 72.2 Å². The van der Waals surface area contributed by atoms with E-state index in [1.54, 1.807) is 12.5 Å². The number of para-hydroxylation sites is 1. The molecule has 0 aliphatic heterocycles. The largest absolute Gasteiger partial charge is 0.343 e. The van der Waals surface area contributed by atoms with Crippen LogP contribution in [0, 0.1) is 5.82 Å². The zero-order valence-electron chi connectivity index (χ0n) is 12.1. The summed E-state index contributed by atoms with van der Waals surface area (Å²) < 4.78 is 24.5. The highest BCUT2D eigenvalue weighted by molar-refractivity contribution is 7.83. The smallest absolute Gasteiger partial charge is 0.123 e. The van der Waals surface area contributed by atoms with E-state index in [1.807, 2.05) is 24.3 Å². The maximum absolute atomic E-state index is 12.8. The second-order valence-corrected chi connectivity index (χ2v) is 6.35. The van der Waals surface area contributed by atoms with Gasteiger partial charge < -0.3 is 4.57 Å². The summed E-state index contributed by atoms with van der Waals surface area (Å²) in [6, 6.07) is 17.0. The third kappa shape index (κ3) is 4.53. The van der Waals surface area contributed by atoms with Gasteiger partial charge in [-0.05, 0) is 35.2 Å². The van der Waals surface area contributed by atoms with E-state index in [9.17, 15) is 8.60 Å². The molecule has 4 heteroatoms. The van der Waals surface area contributed by atoms with E-state index in [1.165, 1.54) is 23.0 Å². The summed E-state index contributed by atoms with van der Waals surface area (Å²) in [5.41, 5.74) is 2.31. The molecule has 2 aromatic carbocycles. The van der Waals surface area contributed by atoms with Gasteiger partial charge in [-0.25, -0.2) is 4.39 Å². The third-order valence-corrected chi connectivity index (χ3v) is 2.95. The van der Waals surface area contributed by atoms with Gasteiger partial charge in [-0.15, -0.1) is 0 Å².